The van der Waals surface area contributed by atoms with E-state index in [0.29, 0.717) is 23.7 Å². The molecule has 6 rings (SSSR count). The third-order valence-electron chi connectivity index (χ3n) is 7.92. The Kier molecular flexibility index (Phi) is 6.91. The van der Waals surface area contributed by atoms with Crippen LogP contribution in [0.25, 0.3) is 22.2 Å². The van der Waals surface area contributed by atoms with Gasteiger partial charge < -0.3 is 29.2 Å². The Labute approximate surface area is 240 Å². The Morgan fingerprint density at radius 2 is 2.05 bits per heavy atom. The van der Waals surface area contributed by atoms with Crippen LogP contribution in [0.15, 0.2) is 61.4 Å². The molecule has 2 aromatic carbocycles. The first-order chi connectivity index (χ1) is 19.8. The number of anilines is 2. The molecule has 1 fully saturated rings. The minimum absolute atomic E-state index is 0.0453. The van der Waals surface area contributed by atoms with Gasteiger partial charge in [-0.1, -0.05) is 18.7 Å². The van der Waals surface area contributed by atoms with Crippen LogP contribution >= 0.6 is 0 Å². The van der Waals surface area contributed by atoms with E-state index in [1.165, 1.54) is 6.08 Å². The highest BCUT2D eigenvalue weighted by atomic mass is 16.5. The van der Waals surface area contributed by atoms with Gasteiger partial charge in [-0.15, -0.1) is 0 Å². The lowest BCUT2D eigenvalue weighted by Crippen LogP contribution is -2.29. The number of rotatable bonds is 10. The molecule has 0 bridgehead atoms. The molecule has 0 unspecified atom stereocenters. The molecule has 1 aliphatic carbocycles. The molecule has 0 saturated heterocycles. The standard InChI is InChI=1S/C32H36N6O3/c1-6-30(39)35-25-16-21(28(40-5)18-26(25)37(4)15-14-36(2)3)17-29-33-13-10-24(34-29)23-19-38-20-32(11-12-32)41-27-9-7-8-22(23)31(27)38/h6-10,13,16,18-19H,1,11-12,14-15,17,20H2,2-5H3,(H,35,39). The molecule has 2 aliphatic rings. The van der Waals surface area contributed by atoms with E-state index in [4.69, 9.17) is 14.5 Å². The Morgan fingerprint density at radius 1 is 1.22 bits per heavy atom. The fourth-order valence-electron chi connectivity index (χ4n) is 5.53. The van der Waals surface area contributed by atoms with Gasteiger partial charge in [-0.2, -0.15) is 0 Å². The normalized spacial score (nSPS) is 14.7. The zero-order valence-corrected chi connectivity index (χ0v) is 24.1. The molecule has 1 spiro atoms. The number of nitrogens with zero attached hydrogens (tertiary/aromatic N) is 5. The maximum Gasteiger partial charge on any atom is 0.247 e. The summed E-state index contributed by atoms with van der Waals surface area (Å²) in [5.41, 5.74) is 5.43. The summed E-state index contributed by atoms with van der Waals surface area (Å²) in [6.45, 7) is 6.12. The quantitative estimate of drug-likeness (QED) is 0.284. The van der Waals surface area contributed by atoms with Crippen molar-refractivity contribution in [3.8, 4) is 22.8 Å². The van der Waals surface area contributed by atoms with Crippen molar-refractivity contribution >= 4 is 28.2 Å². The van der Waals surface area contributed by atoms with Gasteiger partial charge in [-0.05, 0) is 51.2 Å². The van der Waals surface area contributed by atoms with Crippen LogP contribution < -0.4 is 19.7 Å². The van der Waals surface area contributed by atoms with Crippen LogP contribution in [0.1, 0.15) is 24.2 Å². The lowest BCUT2D eigenvalue weighted by Gasteiger charge is -2.25. The number of nitrogens with one attached hydrogen (secondary N) is 1. The first-order valence-electron chi connectivity index (χ1n) is 13.9. The van der Waals surface area contributed by atoms with E-state index in [9.17, 15) is 4.79 Å². The van der Waals surface area contributed by atoms with Gasteiger partial charge in [-0.25, -0.2) is 9.97 Å². The minimum atomic E-state index is -0.272. The number of ether oxygens (including phenoxy) is 2. The zero-order valence-electron chi connectivity index (χ0n) is 24.1. The molecule has 1 amide bonds. The summed E-state index contributed by atoms with van der Waals surface area (Å²) in [4.78, 5) is 26.1. The molecule has 1 N–H and O–H groups in total. The van der Waals surface area contributed by atoms with Gasteiger partial charge in [0.1, 0.15) is 22.9 Å². The van der Waals surface area contributed by atoms with Crippen LogP contribution in [-0.2, 0) is 17.8 Å². The van der Waals surface area contributed by atoms with Gasteiger partial charge >= 0.3 is 0 Å². The van der Waals surface area contributed by atoms with Crippen molar-refractivity contribution in [2.75, 3.05) is 51.6 Å². The van der Waals surface area contributed by atoms with Crippen molar-refractivity contribution < 1.29 is 14.3 Å². The monoisotopic (exact) mass is 552 g/mol. The topological polar surface area (TPSA) is 84.8 Å². The van der Waals surface area contributed by atoms with Crippen LogP contribution in [0.5, 0.6) is 11.5 Å². The van der Waals surface area contributed by atoms with Crippen LogP contribution in [0.4, 0.5) is 11.4 Å². The zero-order chi connectivity index (χ0) is 28.7. The van der Waals surface area contributed by atoms with Crippen LogP contribution in [0.3, 0.4) is 0 Å². The molecule has 9 heteroatoms. The summed E-state index contributed by atoms with van der Waals surface area (Å²) in [5.74, 6) is 2.05. The lowest BCUT2D eigenvalue weighted by atomic mass is 10.1. The Bertz CT molecular complexity index is 1640. The van der Waals surface area contributed by atoms with Crippen molar-refractivity contribution in [1.82, 2.24) is 19.4 Å². The average molecular weight is 553 g/mol. The second kappa shape index (κ2) is 10.6. The fourth-order valence-corrected chi connectivity index (χ4v) is 5.53. The first kappa shape index (κ1) is 26.8. The first-order valence-corrected chi connectivity index (χ1v) is 13.9. The van der Waals surface area contributed by atoms with E-state index in [0.717, 1.165) is 71.6 Å². The minimum Gasteiger partial charge on any atom is -0.496 e. The molecule has 0 radical (unpaired) electrons. The lowest BCUT2D eigenvalue weighted by molar-refractivity contribution is -0.111. The van der Waals surface area contributed by atoms with Crippen LogP contribution in [-0.4, -0.2) is 72.3 Å². The number of hydrogen-bond acceptors (Lipinski definition) is 7. The van der Waals surface area contributed by atoms with E-state index < -0.39 is 0 Å². The maximum absolute atomic E-state index is 12.3. The van der Waals surface area contributed by atoms with Crippen molar-refractivity contribution in [3.05, 3.63) is 72.8 Å². The number of aromatic nitrogens is 3. The highest BCUT2D eigenvalue weighted by molar-refractivity contribution is 6.01. The van der Waals surface area contributed by atoms with Gasteiger partial charge in [0.25, 0.3) is 0 Å². The van der Waals surface area contributed by atoms with Crippen LogP contribution in [0.2, 0.25) is 0 Å². The molecule has 0 atom stereocenters. The molecule has 2 aromatic heterocycles. The highest BCUT2D eigenvalue weighted by Gasteiger charge is 2.48. The van der Waals surface area contributed by atoms with E-state index in [1.807, 2.05) is 39.3 Å². The smallest absolute Gasteiger partial charge is 0.247 e. The number of hydrogen-bond donors (Lipinski definition) is 1. The number of carbonyl (C=O) groups excluding carboxylic acids is 1. The number of methoxy groups -OCH3 is 1. The van der Waals surface area contributed by atoms with Gasteiger partial charge in [0.05, 0.1) is 36.2 Å². The van der Waals surface area contributed by atoms with Crippen molar-refractivity contribution in [1.29, 1.82) is 0 Å². The summed E-state index contributed by atoms with van der Waals surface area (Å²) in [7, 11) is 7.73. The van der Waals surface area contributed by atoms with Crippen molar-refractivity contribution in [3.63, 3.8) is 0 Å². The molecular formula is C32H36N6O3. The summed E-state index contributed by atoms with van der Waals surface area (Å²) in [6, 6.07) is 12.1. The molecular weight excluding hydrogens is 516 g/mol. The van der Waals surface area contributed by atoms with Gasteiger partial charge in [0, 0.05) is 61.5 Å². The molecule has 3 heterocycles. The van der Waals surface area contributed by atoms with Crippen LogP contribution in [0, 0.1) is 0 Å². The predicted octanol–water partition coefficient (Wildman–Crippen LogP) is 4.75. The largest absolute Gasteiger partial charge is 0.496 e. The summed E-state index contributed by atoms with van der Waals surface area (Å²) in [6.07, 6.45) is 7.90. The van der Waals surface area contributed by atoms with E-state index in [-0.39, 0.29) is 11.5 Å². The SMILES string of the molecule is C=CC(=O)Nc1cc(Cc2nccc(-c3cn4c5c(cccc35)OC3(CC3)C4)n2)c(OC)cc1N(C)CCN(C)C. The molecule has 4 aromatic rings. The Morgan fingerprint density at radius 3 is 2.78 bits per heavy atom. The highest BCUT2D eigenvalue weighted by Crippen LogP contribution is 2.49. The fraction of sp³-hybridized carbons (Fsp3) is 0.344. The maximum atomic E-state index is 12.3. The number of carbonyl (C=O) groups is 1. The van der Waals surface area contributed by atoms with E-state index in [2.05, 4.69) is 55.6 Å². The molecule has 1 saturated carbocycles. The van der Waals surface area contributed by atoms with Crippen molar-refractivity contribution in [2.45, 2.75) is 31.4 Å². The third kappa shape index (κ3) is 5.25. The number of para-hydroxylation sites is 1. The van der Waals surface area contributed by atoms with E-state index in [1.54, 1.807) is 13.3 Å². The molecule has 41 heavy (non-hydrogen) atoms. The molecule has 9 nitrogen and oxygen atoms in total. The van der Waals surface area contributed by atoms with E-state index >= 15 is 0 Å². The van der Waals surface area contributed by atoms with Gasteiger partial charge in [0.15, 0.2) is 0 Å². The summed E-state index contributed by atoms with van der Waals surface area (Å²) >= 11 is 0. The second-order valence-electron chi connectivity index (χ2n) is 11.2. The predicted molar refractivity (Wildman–Crippen MR) is 162 cm³/mol. The van der Waals surface area contributed by atoms with Crippen molar-refractivity contribution in [2.24, 2.45) is 0 Å². The number of benzene rings is 2. The van der Waals surface area contributed by atoms with Gasteiger partial charge in [0.2, 0.25) is 5.91 Å². The second-order valence-corrected chi connectivity index (χ2v) is 11.2. The number of amides is 1. The average Bonchev–Trinajstić information content (AvgIpc) is 3.60. The Balaban J connectivity index is 1.34. The number of likely N-dealkylation sites (N-methyl/N-ethyl adjacent to an activating group) is 2. The summed E-state index contributed by atoms with van der Waals surface area (Å²) in [5, 5.41) is 4.10. The third-order valence-corrected chi connectivity index (χ3v) is 7.92. The summed E-state index contributed by atoms with van der Waals surface area (Å²) < 4.78 is 14.5. The molecule has 1 aliphatic heterocycles. The molecule has 212 valence electrons. The Hall–Kier alpha value is -4.37. The van der Waals surface area contributed by atoms with Gasteiger partial charge in [-0.3, -0.25) is 4.79 Å².